The number of benzene rings is 1. The minimum atomic E-state index is -0.794. The van der Waals surface area contributed by atoms with Crippen molar-refractivity contribution in [2.45, 2.75) is 79.1 Å². The third-order valence-corrected chi connectivity index (χ3v) is 5.77. The minimum Gasteiger partial charge on any atom is -0.445 e. The molecule has 0 aromatic heterocycles. The van der Waals surface area contributed by atoms with E-state index in [0.717, 1.165) is 5.56 Å². The fourth-order valence-corrected chi connectivity index (χ4v) is 3.53. The number of hydrogen-bond acceptors (Lipinski definition) is 5. The van der Waals surface area contributed by atoms with Gasteiger partial charge < -0.3 is 20.3 Å². The van der Waals surface area contributed by atoms with E-state index in [9.17, 15) is 14.4 Å². The maximum atomic E-state index is 13.5. The Labute approximate surface area is 197 Å². The smallest absolute Gasteiger partial charge is 0.408 e. The van der Waals surface area contributed by atoms with E-state index in [4.69, 9.17) is 9.73 Å². The highest BCUT2D eigenvalue weighted by atomic mass is 16.5. The number of carbonyl (C=O) groups is 3. The summed E-state index contributed by atoms with van der Waals surface area (Å²) < 4.78 is 5.29. The van der Waals surface area contributed by atoms with Gasteiger partial charge in [0.05, 0.1) is 12.1 Å². The summed E-state index contributed by atoms with van der Waals surface area (Å²) in [5.41, 5.74) is 0.858. The molecule has 1 saturated heterocycles. The van der Waals surface area contributed by atoms with E-state index < -0.39 is 12.1 Å². The van der Waals surface area contributed by atoms with Crippen LogP contribution in [0.2, 0.25) is 0 Å². The number of nitrogens with zero attached hydrogens (tertiary/aromatic N) is 2. The van der Waals surface area contributed by atoms with E-state index in [1.165, 1.54) is 0 Å². The second kappa shape index (κ2) is 12.4. The average Bonchev–Trinajstić information content (AvgIpc) is 2.77. The highest BCUT2D eigenvalue weighted by molar-refractivity contribution is 6.07. The number of ether oxygens (including phenoxy) is 1. The highest BCUT2D eigenvalue weighted by Crippen LogP contribution is 2.19. The summed E-state index contributed by atoms with van der Waals surface area (Å²) in [6, 6.07) is 8.19. The fourth-order valence-electron chi connectivity index (χ4n) is 3.53. The second-order valence-corrected chi connectivity index (χ2v) is 9.33. The predicted molar refractivity (Wildman–Crippen MR) is 129 cm³/mol. The molecule has 1 fully saturated rings. The molecule has 8 heteroatoms. The van der Waals surface area contributed by atoms with Crippen molar-refractivity contribution in [2.75, 3.05) is 6.54 Å². The molecule has 1 aromatic carbocycles. The standard InChI is InChI=1S/C25H38N4O4/c1-7-20(27-25(32)33-15-19-11-9-8-10-12-19)24(31)29-14-22(30)28-23(21(29)13-16(2)3)26-18(6)17(4)5/h8-12,16-18,20-21H,7,13-15H2,1-6H3,(H,27,32)(H,26,28,30)/t18-,20+,21-/m1/s1. The number of aliphatic imine (C=N–C) groups is 1. The molecular formula is C25H38N4O4. The monoisotopic (exact) mass is 458 g/mol. The Morgan fingerprint density at radius 2 is 1.85 bits per heavy atom. The number of amidine groups is 1. The Hall–Kier alpha value is -2.90. The molecule has 1 aliphatic rings. The maximum absolute atomic E-state index is 13.5. The van der Waals surface area contributed by atoms with Crippen LogP contribution in [-0.2, 0) is 20.9 Å². The van der Waals surface area contributed by atoms with Crippen LogP contribution in [-0.4, -0.2) is 53.3 Å². The molecular weight excluding hydrogens is 420 g/mol. The average molecular weight is 459 g/mol. The topological polar surface area (TPSA) is 100 Å². The zero-order valence-electron chi connectivity index (χ0n) is 20.6. The van der Waals surface area contributed by atoms with E-state index in [1.807, 2.05) is 44.2 Å². The fraction of sp³-hybridized carbons (Fsp3) is 0.600. The summed E-state index contributed by atoms with van der Waals surface area (Å²) in [4.78, 5) is 44.6. The number of rotatable bonds is 9. The summed E-state index contributed by atoms with van der Waals surface area (Å²) >= 11 is 0. The van der Waals surface area contributed by atoms with Crippen molar-refractivity contribution in [3.05, 3.63) is 35.9 Å². The zero-order valence-corrected chi connectivity index (χ0v) is 20.6. The molecule has 0 radical (unpaired) electrons. The van der Waals surface area contributed by atoms with Gasteiger partial charge in [0.25, 0.3) is 0 Å². The lowest BCUT2D eigenvalue weighted by Gasteiger charge is -2.39. The first-order valence-electron chi connectivity index (χ1n) is 11.8. The van der Waals surface area contributed by atoms with Gasteiger partial charge in [-0.05, 0) is 37.2 Å². The van der Waals surface area contributed by atoms with Gasteiger partial charge in [0.1, 0.15) is 25.0 Å². The normalized spacial score (nSPS) is 19.4. The van der Waals surface area contributed by atoms with Gasteiger partial charge in [0.2, 0.25) is 11.8 Å². The van der Waals surface area contributed by atoms with Gasteiger partial charge in [-0.3, -0.25) is 14.6 Å². The van der Waals surface area contributed by atoms with Crippen molar-refractivity contribution in [1.82, 2.24) is 15.5 Å². The number of hydrogen-bond donors (Lipinski definition) is 2. The molecule has 0 unspecified atom stereocenters. The van der Waals surface area contributed by atoms with Gasteiger partial charge in [-0.15, -0.1) is 0 Å². The zero-order chi connectivity index (χ0) is 24.5. The van der Waals surface area contributed by atoms with Gasteiger partial charge in [-0.25, -0.2) is 4.79 Å². The van der Waals surface area contributed by atoms with Gasteiger partial charge in [-0.2, -0.15) is 0 Å². The Bertz CT molecular complexity index is 838. The quantitative estimate of drug-likeness (QED) is 0.591. The van der Waals surface area contributed by atoms with Crippen LogP contribution in [0.25, 0.3) is 0 Å². The minimum absolute atomic E-state index is 0.00178. The molecule has 1 aliphatic heterocycles. The molecule has 0 bridgehead atoms. The van der Waals surface area contributed by atoms with Gasteiger partial charge in [0, 0.05) is 0 Å². The molecule has 3 amide bonds. The summed E-state index contributed by atoms with van der Waals surface area (Å²) in [7, 11) is 0. The number of piperazine rings is 1. The van der Waals surface area contributed by atoms with Gasteiger partial charge in [-0.1, -0.05) is 65.0 Å². The van der Waals surface area contributed by atoms with Crippen LogP contribution in [0.1, 0.15) is 59.9 Å². The molecule has 182 valence electrons. The maximum Gasteiger partial charge on any atom is 0.408 e. The van der Waals surface area contributed by atoms with E-state index >= 15 is 0 Å². The highest BCUT2D eigenvalue weighted by Gasteiger charge is 2.38. The lowest BCUT2D eigenvalue weighted by atomic mass is 9.97. The molecule has 0 saturated carbocycles. The van der Waals surface area contributed by atoms with Crippen molar-refractivity contribution in [3.8, 4) is 0 Å². The SMILES string of the molecule is CC[C@H](NC(=O)OCc1ccccc1)C(=O)N1CC(=O)NC(=N[C@H](C)C(C)C)[C@H]1CC(C)C. The lowest BCUT2D eigenvalue weighted by molar-refractivity contribution is -0.140. The van der Waals surface area contributed by atoms with Crippen LogP contribution >= 0.6 is 0 Å². The number of carbonyl (C=O) groups excluding carboxylic acids is 3. The summed E-state index contributed by atoms with van der Waals surface area (Å²) in [6.07, 6.45) is 0.369. The predicted octanol–water partition coefficient (Wildman–Crippen LogP) is 3.51. The van der Waals surface area contributed by atoms with Crippen molar-refractivity contribution < 1.29 is 19.1 Å². The van der Waals surface area contributed by atoms with Crippen LogP contribution in [0.5, 0.6) is 0 Å². The third kappa shape index (κ3) is 7.87. The molecule has 0 aliphatic carbocycles. The van der Waals surface area contributed by atoms with Crippen molar-refractivity contribution in [3.63, 3.8) is 0 Å². The van der Waals surface area contributed by atoms with Crippen LogP contribution < -0.4 is 10.6 Å². The van der Waals surface area contributed by atoms with Gasteiger partial charge in [0.15, 0.2) is 0 Å². The van der Waals surface area contributed by atoms with Crippen LogP contribution in [0.4, 0.5) is 4.79 Å². The second-order valence-electron chi connectivity index (χ2n) is 9.33. The van der Waals surface area contributed by atoms with Crippen molar-refractivity contribution in [2.24, 2.45) is 16.8 Å². The van der Waals surface area contributed by atoms with Crippen LogP contribution in [0, 0.1) is 11.8 Å². The van der Waals surface area contributed by atoms with Crippen LogP contribution in [0.3, 0.4) is 0 Å². The summed E-state index contributed by atoms with van der Waals surface area (Å²) in [5.74, 6) is 0.517. The number of nitrogens with one attached hydrogen (secondary N) is 2. The first-order chi connectivity index (χ1) is 15.6. The van der Waals surface area contributed by atoms with Crippen molar-refractivity contribution in [1.29, 1.82) is 0 Å². The van der Waals surface area contributed by atoms with Crippen molar-refractivity contribution >= 4 is 23.7 Å². The first-order valence-corrected chi connectivity index (χ1v) is 11.8. The lowest BCUT2D eigenvalue weighted by Crippen LogP contribution is -2.63. The molecule has 0 spiro atoms. The molecule has 33 heavy (non-hydrogen) atoms. The Kier molecular flexibility index (Phi) is 9.88. The number of alkyl carbamates (subject to hydrolysis) is 1. The largest absolute Gasteiger partial charge is 0.445 e. The Morgan fingerprint density at radius 1 is 1.18 bits per heavy atom. The Morgan fingerprint density at radius 3 is 2.42 bits per heavy atom. The molecule has 3 atom stereocenters. The Balaban J connectivity index is 2.17. The molecule has 2 N–H and O–H groups in total. The van der Waals surface area contributed by atoms with Crippen LogP contribution in [0.15, 0.2) is 35.3 Å². The third-order valence-electron chi connectivity index (χ3n) is 5.77. The summed E-state index contributed by atoms with van der Waals surface area (Å²) in [6.45, 7) is 12.1. The van der Waals surface area contributed by atoms with E-state index in [0.29, 0.717) is 24.6 Å². The van der Waals surface area contributed by atoms with E-state index in [1.54, 1.807) is 4.90 Å². The van der Waals surface area contributed by atoms with E-state index in [-0.39, 0.29) is 43.0 Å². The van der Waals surface area contributed by atoms with Gasteiger partial charge >= 0.3 is 6.09 Å². The molecule has 1 aromatic rings. The number of amides is 3. The molecule has 1 heterocycles. The summed E-state index contributed by atoms with van der Waals surface area (Å²) in [5, 5.41) is 5.56. The first kappa shape index (κ1) is 26.4. The molecule has 2 rings (SSSR count). The van der Waals surface area contributed by atoms with E-state index in [2.05, 4.69) is 38.3 Å². The molecule has 8 nitrogen and oxygen atoms in total.